The SMILES string of the molecule is CCOC(=O)c1cc(NC(=O)c2ccc(-c3ccccc3)cc2)ccc1N1CCOCC1.Cl. The second-order valence-electron chi connectivity index (χ2n) is 7.45. The van der Waals surface area contributed by atoms with E-state index in [0.29, 0.717) is 43.1 Å². The number of hydrogen-bond donors (Lipinski definition) is 1. The molecule has 3 aromatic carbocycles. The lowest BCUT2D eigenvalue weighted by atomic mass is 10.0. The first-order valence-electron chi connectivity index (χ1n) is 10.8. The van der Waals surface area contributed by atoms with Gasteiger partial charge in [-0.2, -0.15) is 0 Å². The summed E-state index contributed by atoms with van der Waals surface area (Å²) in [5.41, 5.74) is 4.45. The molecule has 0 radical (unpaired) electrons. The molecule has 3 aromatic rings. The van der Waals surface area contributed by atoms with E-state index in [1.54, 1.807) is 25.1 Å². The van der Waals surface area contributed by atoms with E-state index in [0.717, 1.165) is 16.8 Å². The molecule has 0 bridgehead atoms. The molecule has 1 fully saturated rings. The highest BCUT2D eigenvalue weighted by Gasteiger charge is 2.21. The van der Waals surface area contributed by atoms with Crippen molar-refractivity contribution in [2.24, 2.45) is 0 Å². The van der Waals surface area contributed by atoms with E-state index in [2.05, 4.69) is 10.2 Å². The molecule has 0 aliphatic carbocycles. The molecule has 1 saturated heterocycles. The average molecular weight is 467 g/mol. The lowest BCUT2D eigenvalue weighted by Gasteiger charge is -2.30. The number of carbonyl (C=O) groups is 2. The third-order valence-electron chi connectivity index (χ3n) is 5.36. The smallest absolute Gasteiger partial charge is 0.340 e. The zero-order valence-corrected chi connectivity index (χ0v) is 19.3. The van der Waals surface area contributed by atoms with E-state index >= 15 is 0 Å². The van der Waals surface area contributed by atoms with Crippen LogP contribution < -0.4 is 10.2 Å². The van der Waals surface area contributed by atoms with Crippen molar-refractivity contribution in [1.29, 1.82) is 0 Å². The molecule has 1 aliphatic heterocycles. The Balaban J connectivity index is 0.00000306. The number of esters is 1. The molecule has 172 valence electrons. The first-order valence-corrected chi connectivity index (χ1v) is 10.8. The first-order chi connectivity index (χ1) is 15.7. The third-order valence-corrected chi connectivity index (χ3v) is 5.36. The van der Waals surface area contributed by atoms with Gasteiger partial charge in [-0.1, -0.05) is 42.5 Å². The summed E-state index contributed by atoms with van der Waals surface area (Å²) in [6.45, 7) is 4.68. The molecule has 7 heteroatoms. The standard InChI is InChI=1S/C26H26N2O4.ClH/c1-2-32-26(30)23-18-22(12-13-24(23)28-14-16-31-17-15-28)27-25(29)21-10-8-20(9-11-21)19-6-4-3-5-7-19;/h3-13,18H,2,14-17H2,1H3,(H,27,29);1H. The summed E-state index contributed by atoms with van der Waals surface area (Å²) in [6, 6.07) is 22.8. The number of amides is 1. The fraction of sp³-hybridized carbons (Fsp3) is 0.231. The summed E-state index contributed by atoms with van der Waals surface area (Å²) >= 11 is 0. The summed E-state index contributed by atoms with van der Waals surface area (Å²) in [5.74, 6) is -0.643. The molecule has 1 amide bonds. The van der Waals surface area contributed by atoms with Gasteiger partial charge in [0.25, 0.3) is 5.91 Å². The van der Waals surface area contributed by atoms with Gasteiger partial charge in [-0.25, -0.2) is 4.79 Å². The van der Waals surface area contributed by atoms with Crippen LogP contribution in [-0.4, -0.2) is 44.8 Å². The predicted octanol–water partition coefficient (Wildman–Crippen LogP) is 5.04. The molecular weight excluding hydrogens is 440 g/mol. The number of carbonyl (C=O) groups excluding carboxylic acids is 2. The Kier molecular flexibility index (Phi) is 8.46. The number of nitrogens with zero attached hydrogens (tertiary/aromatic N) is 1. The Hall–Kier alpha value is -3.35. The van der Waals surface area contributed by atoms with E-state index in [4.69, 9.17) is 9.47 Å². The number of benzene rings is 3. The van der Waals surface area contributed by atoms with Crippen LogP contribution in [0.25, 0.3) is 11.1 Å². The summed E-state index contributed by atoms with van der Waals surface area (Å²) in [5, 5.41) is 2.90. The minimum atomic E-state index is -0.405. The highest BCUT2D eigenvalue weighted by atomic mass is 35.5. The van der Waals surface area contributed by atoms with Gasteiger partial charge < -0.3 is 19.7 Å². The lowest BCUT2D eigenvalue weighted by Crippen LogP contribution is -2.37. The molecule has 1 N–H and O–H groups in total. The Labute approximate surface area is 199 Å². The molecule has 33 heavy (non-hydrogen) atoms. The molecule has 0 atom stereocenters. The monoisotopic (exact) mass is 466 g/mol. The second-order valence-corrected chi connectivity index (χ2v) is 7.45. The number of morpholine rings is 1. The maximum atomic E-state index is 12.8. The molecule has 0 saturated carbocycles. The van der Waals surface area contributed by atoms with E-state index in [9.17, 15) is 9.59 Å². The Morgan fingerprint density at radius 2 is 1.61 bits per heavy atom. The Bertz CT molecular complexity index is 1080. The number of halogens is 1. The van der Waals surface area contributed by atoms with Gasteiger partial charge >= 0.3 is 5.97 Å². The highest BCUT2D eigenvalue weighted by molar-refractivity contribution is 6.06. The van der Waals surface area contributed by atoms with Gasteiger partial charge in [0.1, 0.15) is 0 Å². The number of ether oxygens (including phenoxy) is 2. The number of rotatable bonds is 6. The van der Waals surface area contributed by atoms with Gasteiger partial charge in [-0.05, 0) is 48.4 Å². The van der Waals surface area contributed by atoms with Crippen LogP contribution in [0.1, 0.15) is 27.6 Å². The molecule has 0 spiro atoms. The van der Waals surface area contributed by atoms with Crippen LogP contribution in [0.15, 0.2) is 72.8 Å². The summed E-state index contributed by atoms with van der Waals surface area (Å²) in [4.78, 5) is 27.5. The lowest BCUT2D eigenvalue weighted by molar-refractivity contribution is 0.0526. The van der Waals surface area contributed by atoms with Gasteiger partial charge in [0, 0.05) is 24.3 Å². The second kappa shape index (κ2) is 11.5. The minimum absolute atomic E-state index is 0. The van der Waals surface area contributed by atoms with Crippen molar-refractivity contribution in [3.63, 3.8) is 0 Å². The van der Waals surface area contributed by atoms with Crippen molar-refractivity contribution >= 4 is 35.7 Å². The fourth-order valence-corrected chi connectivity index (χ4v) is 3.71. The van der Waals surface area contributed by atoms with Crippen LogP contribution in [0.4, 0.5) is 11.4 Å². The molecule has 6 nitrogen and oxygen atoms in total. The Morgan fingerprint density at radius 3 is 2.27 bits per heavy atom. The van der Waals surface area contributed by atoms with Crippen LogP contribution in [-0.2, 0) is 9.47 Å². The average Bonchev–Trinajstić information content (AvgIpc) is 2.85. The van der Waals surface area contributed by atoms with Crippen LogP contribution in [0, 0.1) is 0 Å². The van der Waals surface area contributed by atoms with Gasteiger partial charge in [0.05, 0.1) is 31.1 Å². The van der Waals surface area contributed by atoms with Crippen molar-refractivity contribution in [3.05, 3.63) is 83.9 Å². The maximum Gasteiger partial charge on any atom is 0.340 e. The van der Waals surface area contributed by atoms with Gasteiger partial charge in [0.2, 0.25) is 0 Å². The molecular formula is C26H27ClN2O4. The zero-order valence-electron chi connectivity index (χ0n) is 18.5. The number of nitrogens with one attached hydrogen (secondary N) is 1. The number of anilines is 2. The molecule has 1 heterocycles. The summed E-state index contributed by atoms with van der Waals surface area (Å²) in [6.07, 6.45) is 0. The fourth-order valence-electron chi connectivity index (χ4n) is 3.71. The van der Waals surface area contributed by atoms with Crippen LogP contribution in [0.2, 0.25) is 0 Å². The van der Waals surface area contributed by atoms with Gasteiger partial charge in [-0.3, -0.25) is 4.79 Å². The van der Waals surface area contributed by atoms with Crippen molar-refractivity contribution in [2.75, 3.05) is 43.1 Å². The highest BCUT2D eigenvalue weighted by Crippen LogP contribution is 2.27. The van der Waals surface area contributed by atoms with E-state index in [1.165, 1.54) is 0 Å². The topological polar surface area (TPSA) is 67.9 Å². The number of hydrogen-bond acceptors (Lipinski definition) is 5. The first kappa shape index (κ1) is 24.3. The van der Waals surface area contributed by atoms with Crippen molar-refractivity contribution < 1.29 is 19.1 Å². The minimum Gasteiger partial charge on any atom is -0.462 e. The molecule has 1 aliphatic rings. The quantitative estimate of drug-likeness (QED) is 0.515. The van der Waals surface area contributed by atoms with Crippen molar-refractivity contribution in [1.82, 2.24) is 0 Å². The Morgan fingerprint density at radius 1 is 0.939 bits per heavy atom. The summed E-state index contributed by atoms with van der Waals surface area (Å²) < 4.78 is 10.7. The van der Waals surface area contributed by atoms with Gasteiger partial charge in [-0.15, -0.1) is 12.4 Å². The van der Waals surface area contributed by atoms with E-state index in [-0.39, 0.29) is 24.9 Å². The van der Waals surface area contributed by atoms with E-state index in [1.807, 2.05) is 54.6 Å². The summed E-state index contributed by atoms with van der Waals surface area (Å²) in [7, 11) is 0. The molecule has 0 aromatic heterocycles. The van der Waals surface area contributed by atoms with Crippen LogP contribution in [0.5, 0.6) is 0 Å². The van der Waals surface area contributed by atoms with Gasteiger partial charge in [0.15, 0.2) is 0 Å². The third kappa shape index (κ3) is 5.92. The zero-order chi connectivity index (χ0) is 22.3. The normalized spacial score (nSPS) is 13.1. The van der Waals surface area contributed by atoms with Crippen molar-refractivity contribution in [2.45, 2.75) is 6.92 Å². The maximum absolute atomic E-state index is 12.8. The largest absolute Gasteiger partial charge is 0.462 e. The van der Waals surface area contributed by atoms with Crippen LogP contribution >= 0.6 is 12.4 Å². The molecule has 0 unspecified atom stereocenters. The van der Waals surface area contributed by atoms with Crippen LogP contribution in [0.3, 0.4) is 0 Å². The molecule has 4 rings (SSSR count). The van der Waals surface area contributed by atoms with E-state index < -0.39 is 5.97 Å². The predicted molar refractivity (Wildman–Crippen MR) is 133 cm³/mol. The van der Waals surface area contributed by atoms with Crippen molar-refractivity contribution in [3.8, 4) is 11.1 Å².